The number of carbonyl (C=O) groups is 5. The highest BCUT2D eigenvalue weighted by atomic mass is 16.4. The van der Waals surface area contributed by atoms with E-state index in [0.29, 0.717) is 26.1 Å². The van der Waals surface area contributed by atoms with Crippen LogP contribution in [0.1, 0.15) is 69.2 Å². The predicted molar refractivity (Wildman–Crippen MR) is 153 cm³/mol. The Morgan fingerprint density at radius 3 is 2.22 bits per heavy atom. The van der Waals surface area contributed by atoms with Gasteiger partial charge in [-0.1, -0.05) is 50.5 Å². The molecule has 1 aromatic carbocycles. The second-order valence-electron chi connectivity index (χ2n) is 10.5. The zero-order chi connectivity index (χ0) is 30.2. The van der Waals surface area contributed by atoms with Crippen LogP contribution in [0.5, 0.6) is 0 Å². The molecule has 1 fully saturated rings. The van der Waals surface area contributed by atoms with E-state index in [4.69, 9.17) is 5.73 Å². The van der Waals surface area contributed by atoms with E-state index in [0.717, 1.165) is 37.0 Å². The number of nitrogens with zero attached hydrogens (tertiary/aromatic N) is 3. The number of allylic oxidation sites excluding steroid dienone is 2. The van der Waals surface area contributed by atoms with Crippen LogP contribution in [0.25, 0.3) is 0 Å². The maximum absolute atomic E-state index is 13.3. The van der Waals surface area contributed by atoms with Crippen LogP contribution in [-0.4, -0.2) is 81.0 Å². The number of nitrogens with two attached hydrogens (primary N) is 1. The summed E-state index contributed by atoms with van der Waals surface area (Å²) in [5.74, 6) is -5.44. The normalized spacial score (nSPS) is 21.2. The molecule has 41 heavy (non-hydrogen) atoms. The number of hydrogen-bond acceptors (Lipinski definition) is 7. The number of aromatic carboxylic acids is 1. The molecule has 2 aliphatic rings. The van der Waals surface area contributed by atoms with Gasteiger partial charge in [-0.15, -0.1) is 0 Å². The number of rotatable bonds is 11. The lowest BCUT2D eigenvalue weighted by molar-refractivity contribution is -0.149. The molecule has 0 spiro atoms. The van der Waals surface area contributed by atoms with Crippen LogP contribution in [-0.2, 0) is 19.2 Å². The lowest BCUT2D eigenvalue weighted by Crippen LogP contribution is -2.64. The standard InChI is InChI=1S/C30H40N4O7/c1-3-4-8-19-33(21(2)35)26(36)24(31)20-22-13-15-30(16-14-22,32-17-9-5-10-18-32)34(27(37)29(40)41)25-12-7-6-11-23(25)28(38)39/h6-7,11-16,22,24H,3-5,8-10,17-20,31H2,1-2H3,(H,38,39)(H,40,41). The molecule has 0 aromatic heterocycles. The second kappa shape index (κ2) is 14.2. The zero-order valence-corrected chi connectivity index (χ0v) is 23.7. The lowest BCUT2D eigenvalue weighted by Gasteiger charge is -2.49. The van der Waals surface area contributed by atoms with Crippen LogP contribution in [0, 0.1) is 5.92 Å². The van der Waals surface area contributed by atoms with Crippen molar-refractivity contribution in [2.75, 3.05) is 24.5 Å². The maximum atomic E-state index is 13.3. The summed E-state index contributed by atoms with van der Waals surface area (Å²) in [6.45, 7) is 4.79. The third-order valence-electron chi connectivity index (χ3n) is 7.63. The molecule has 0 saturated carbocycles. The third-order valence-corrected chi connectivity index (χ3v) is 7.63. The van der Waals surface area contributed by atoms with E-state index in [9.17, 15) is 34.2 Å². The van der Waals surface area contributed by atoms with Gasteiger partial charge in [0.1, 0.15) is 5.66 Å². The van der Waals surface area contributed by atoms with Crippen LogP contribution < -0.4 is 10.6 Å². The number of piperidine rings is 1. The first-order valence-electron chi connectivity index (χ1n) is 14.1. The molecule has 1 aliphatic heterocycles. The molecule has 222 valence electrons. The summed E-state index contributed by atoms with van der Waals surface area (Å²) in [6, 6.07) is 4.87. The Balaban J connectivity index is 1.97. The number of carboxylic acids is 2. The number of carbonyl (C=O) groups excluding carboxylic acids is 3. The summed E-state index contributed by atoms with van der Waals surface area (Å²) in [4.78, 5) is 66.8. The van der Waals surface area contributed by atoms with Gasteiger partial charge in [-0.25, -0.2) is 9.59 Å². The largest absolute Gasteiger partial charge is 0.478 e. The molecule has 3 rings (SSSR count). The van der Waals surface area contributed by atoms with Crippen molar-refractivity contribution >= 4 is 35.3 Å². The topological polar surface area (TPSA) is 162 Å². The molecule has 3 amide bonds. The van der Waals surface area contributed by atoms with E-state index < -0.39 is 35.5 Å². The number of benzene rings is 1. The van der Waals surface area contributed by atoms with E-state index in [-0.39, 0.29) is 29.5 Å². The van der Waals surface area contributed by atoms with Gasteiger partial charge in [0.05, 0.1) is 17.3 Å². The van der Waals surface area contributed by atoms with Gasteiger partial charge in [-0.3, -0.25) is 29.1 Å². The molecule has 0 radical (unpaired) electrons. The van der Waals surface area contributed by atoms with Gasteiger partial charge < -0.3 is 15.9 Å². The van der Waals surface area contributed by atoms with Crippen molar-refractivity contribution in [1.82, 2.24) is 9.80 Å². The van der Waals surface area contributed by atoms with Crippen molar-refractivity contribution in [3.05, 3.63) is 54.1 Å². The first-order chi connectivity index (χ1) is 19.5. The van der Waals surface area contributed by atoms with Gasteiger partial charge in [0.15, 0.2) is 0 Å². The first-order valence-corrected chi connectivity index (χ1v) is 14.1. The third kappa shape index (κ3) is 7.28. The van der Waals surface area contributed by atoms with E-state index >= 15 is 0 Å². The maximum Gasteiger partial charge on any atom is 0.395 e. The number of hydrogen-bond donors (Lipinski definition) is 3. The molecular weight excluding hydrogens is 528 g/mol. The number of likely N-dealkylation sites (tertiary alicyclic amines) is 1. The Morgan fingerprint density at radius 1 is 1.02 bits per heavy atom. The number of amides is 3. The number of unbranched alkanes of at least 4 members (excludes halogenated alkanes) is 2. The number of aliphatic carboxylic acids is 1. The smallest absolute Gasteiger partial charge is 0.395 e. The number of imide groups is 1. The average Bonchev–Trinajstić information content (AvgIpc) is 2.96. The summed E-state index contributed by atoms with van der Waals surface area (Å²) < 4.78 is 0. The van der Waals surface area contributed by atoms with Crippen molar-refractivity contribution in [1.29, 1.82) is 0 Å². The molecule has 1 heterocycles. The fourth-order valence-electron chi connectivity index (χ4n) is 5.51. The molecule has 1 saturated heterocycles. The Bertz CT molecular complexity index is 1190. The van der Waals surface area contributed by atoms with Crippen LogP contribution in [0.15, 0.2) is 48.6 Å². The number of para-hydroxylation sites is 1. The minimum absolute atomic E-state index is 0.0400. The quantitative estimate of drug-likeness (QED) is 0.207. The van der Waals surface area contributed by atoms with Crippen molar-refractivity contribution in [3.63, 3.8) is 0 Å². The SMILES string of the molecule is CCCCCN(C(C)=O)C(=O)C(N)CC1C=CC(N2CCCCC2)(N(C(=O)C(=O)O)c2ccccc2C(=O)O)C=C1. The lowest BCUT2D eigenvalue weighted by atomic mass is 9.87. The van der Waals surface area contributed by atoms with Crippen LogP contribution in [0.4, 0.5) is 5.69 Å². The highest BCUT2D eigenvalue weighted by Crippen LogP contribution is 2.38. The summed E-state index contributed by atoms with van der Waals surface area (Å²) in [5.41, 5.74) is 4.63. The molecule has 11 heteroatoms. The highest BCUT2D eigenvalue weighted by molar-refractivity contribution is 6.38. The van der Waals surface area contributed by atoms with Gasteiger partial charge >= 0.3 is 17.8 Å². The van der Waals surface area contributed by atoms with Gasteiger partial charge in [-0.05, 0) is 55.9 Å². The van der Waals surface area contributed by atoms with Gasteiger partial charge in [0, 0.05) is 26.6 Å². The summed E-state index contributed by atoms with van der Waals surface area (Å²) in [6.07, 6.45) is 12.3. The molecule has 1 aromatic rings. The average molecular weight is 569 g/mol. The first kappa shape index (κ1) is 31.7. The summed E-state index contributed by atoms with van der Waals surface area (Å²) in [5, 5.41) is 19.7. The minimum atomic E-state index is -1.72. The number of anilines is 1. The highest BCUT2D eigenvalue weighted by Gasteiger charge is 2.46. The van der Waals surface area contributed by atoms with E-state index in [1.165, 1.54) is 30.0 Å². The molecule has 4 N–H and O–H groups in total. The molecular formula is C30H40N4O7. The summed E-state index contributed by atoms with van der Waals surface area (Å²) >= 11 is 0. The fourth-order valence-corrected chi connectivity index (χ4v) is 5.51. The van der Waals surface area contributed by atoms with Crippen molar-refractivity contribution < 1.29 is 34.2 Å². The Labute approximate surface area is 240 Å². The predicted octanol–water partition coefficient (Wildman–Crippen LogP) is 3.01. The molecule has 11 nitrogen and oxygen atoms in total. The van der Waals surface area contributed by atoms with E-state index in [1.54, 1.807) is 30.4 Å². The van der Waals surface area contributed by atoms with Gasteiger partial charge in [-0.2, -0.15) is 0 Å². The van der Waals surface area contributed by atoms with Crippen LogP contribution in [0.2, 0.25) is 0 Å². The summed E-state index contributed by atoms with van der Waals surface area (Å²) in [7, 11) is 0. The van der Waals surface area contributed by atoms with Crippen molar-refractivity contribution in [2.45, 2.75) is 70.5 Å². The van der Waals surface area contributed by atoms with E-state index in [1.807, 2.05) is 11.8 Å². The van der Waals surface area contributed by atoms with E-state index in [2.05, 4.69) is 0 Å². The second-order valence-corrected chi connectivity index (χ2v) is 10.5. The zero-order valence-electron chi connectivity index (χ0n) is 23.7. The molecule has 1 atom stereocenters. The number of carboxylic acid groups (broad SMARTS) is 2. The van der Waals surface area contributed by atoms with Crippen molar-refractivity contribution in [3.8, 4) is 0 Å². The van der Waals surface area contributed by atoms with Gasteiger partial charge in [0.2, 0.25) is 11.8 Å². The molecule has 0 bridgehead atoms. The van der Waals surface area contributed by atoms with Crippen LogP contribution in [0.3, 0.4) is 0 Å². The minimum Gasteiger partial charge on any atom is -0.478 e. The molecule has 1 aliphatic carbocycles. The van der Waals surface area contributed by atoms with Crippen molar-refractivity contribution in [2.24, 2.45) is 11.7 Å². The Morgan fingerprint density at radius 2 is 1.66 bits per heavy atom. The van der Waals surface area contributed by atoms with Gasteiger partial charge in [0.25, 0.3) is 0 Å². The Kier molecular flexibility index (Phi) is 11.0. The van der Waals surface area contributed by atoms with Crippen LogP contribution >= 0.6 is 0 Å². The Hall–Kier alpha value is -3.83. The fraction of sp³-hybridized carbons (Fsp3) is 0.500. The monoisotopic (exact) mass is 568 g/mol. The molecule has 1 unspecified atom stereocenters.